The highest BCUT2D eigenvalue weighted by molar-refractivity contribution is 14.1. The average molecular weight is 590 g/mol. The van der Waals surface area contributed by atoms with Gasteiger partial charge in [0.1, 0.15) is 5.52 Å². The van der Waals surface area contributed by atoms with E-state index in [9.17, 15) is 4.79 Å². The highest BCUT2D eigenvalue weighted by Crippen LogP contribution is 2.31. The number of halogens is 2. The number of carbonyl (C=O) groups excluding carboxylic acids is 1. The van der Waals surface area contributed by atoms with Gasteiger partial charge in [0, 0.05) is 14.7 Å². The molecule has 168 valence electrons. The molecule has 1 atom stereocenters. The third-order valence-corrected chi connectivity index (χ3v) is 6.57. The van der Waals surface area contributed by atoms with Crippen LogP contribution in [0.2, 0.25) is 5.02 Å². The Morgan fingerprint density at radius 2 is 2.00 bits per heavy atom. The van der Waals surface area contributed by atoms with Gasteiger partial charge >= 0.3 is 0 Å². The van der Waals surface area contributed by atoms with E-state index in [0.717, 1.165) is 26.7 Å². The van der Waals surface area contributed by atoms with E-state index in [4.69, 9.17) is 28.2 Å². The average Bonchev–Trinajstić information content (AvgIpc) is 3.23. The summed E-state index contributed by atoms with van der Waals surface area (Å²) in [4.78, 5) is 17.1. The fourth-order valence-corrected chi connectivity index (χ4v) is 4.23. The Morgan fingerprint density at radius 1 is 1.18 bits per heavy atom. The number of hydrogen-bond donors (Lipinski definition) is 2. The second kappa shape index (κ2) is 10.2. The topological polar surface area (TPSA) is 67.2 Å². The van der Waals surface area contributed by atoms with Crippen LogP contribution in [0.15, 0.2) is 65.1 Å². The summed E-state index contributed by atoms with van der Waals surface area (Å²) in [6.07, 6.45) is 1.06. The zero-order valence-electron chi connectivity index (χ0n) is 18.0. The fourth-order valence-electron chi connectivity index (χ4n) is 3.32. The summed E-state index contributed by atoms with van der Waals surface area (Å²) in [6, 6.07) is 18.7. The molecule has 5 nitrogen and oxygen atoms in total. The third-order valence-electron chi connectivity index (χ3n) is 5.37. The maximum atomic E-state index is 12.5. The number of oxazole rings is 1. The van der Waals surface area contributed by atoms with Gasteiger partial charge in [-0.05, 0) is 101 Å². The number of amides is 1. The highest BCUT2D eigenvalue weighted by Gasteiger charge is 2.14. The van der Waals surface area contributed by atoms with Crippen molar-refractivity contribution in [2.24, 2.45) is 0 Å². The molecule has 2 N–H and O–H groups in total. The summed E-state index contributed by atoms with van der Waals surface area (Å²) >= 11 is 13.8. The maximum absolute atomic E-state index is 12.5. The molecule has 0 unspecified atom stereocenters. The molecule has 0 aliphatic carbocycles. The second-order valence-electron chi connectivity index (χ2n) is 7.67. The molecule has 0 spiro atoms. The second-order valence-corrected chi connectivity index (χ2v) is 9.73. The largest absolute Gasteiger partial charge is 0.436 e. The molecule has 4 aromatic rings. The van der Waals surface area contributed by atoms with Gasteiger partial charge in [0.15, 0.2) is 10.7 Å². The number of nitrogens with one attached hydrogen (secondary N) is 2. The Bertz CT molecular complexity index is 1350. The van der Waals surface area contributed by atoms with Crippen LogP contribution >= 0.6 is 46.4 Å². The number of carbonyl (C=O) groups is 1. The zero-order valence-corrected chi connectivity index (χ0v) is 21.7. The van der Waals surface area contributed by atoms with Crippen molar-refractivity contribution in [2.75, 3.05) is 5.32 Å². The Morgan fingerprint density at radius 3 is 2.76 bits per heavy atom. The first-order valence-electron chi connectivity index (χ1n) is 10.4. The highest BCUT2D eigenvalue weighted by atomic mass is 127. The first-order valence-corrected chi connectivity index (χ1v) is 12.3. The van der Waals surface area contributed by atoms with Gasteiger partial charge in [-0.3, -0.25) is 10.1 Å². The first-order chi connectivity index (χ1) is 15.8. The number of thiocarbonyl (C=S) groups is 1. The molecule has 0 fully saturated rings. The molecule has 1 heterocycles. The third kappa shape index (κ3) is 5.54. The number of hydrogen-bond acceptors (Lipinski definition) is 4. The van der Waals surface area contributed by atoms with Gasteiger partial charge in [0.2, 0.25) is 5.89 Å². The quantitative estimate of drug-likeness (QED) is 0.188. The number of aromatic nitrogens is 1. The molecule has 1 aromatic heterocycles. The first kappa shape index (κ1) is 23.7. The van der Waals surface area contributed by atoms with Crippen molar-refractivity contribution in [3.63, 3.8) is 0 Å². The van der Waals surface area contributed by atoms with E-state index in [2.05, 4.69) is 64.2 Å². The lowest BCUT2D eigenvalue weighted by Gasteiger charge is -2.12. The molecular weight excluding hydrogens is 569 g/mol. The van der Waals surface area contributed by atoms with Crippen molar-refractivity contribution in [1.29, 1.82) is 0 Å². The number of fused-ring (bicyclic) bond motifs is 1. The summed E-state index contributed by atoms with van der Waals surface area (Å²) < 4.78 is 6.93. The SMILES string of the molecule is CC[C@@H](C)c1ccc2oc(-c3ccc(Cl)c(NC(=S)NC(=O)c4cccc(I)c4)c3)nc2c1. The van der Waals surface area contributed by atoms with Gasteiger partial charge in [-0.25, -0.2) is 4.98 Å². The van der Waals surface area contributed by atoms with E-state index >= 15 is 0 Å². The minimum absolute atomic E-state index is 0.147. The molecule has 3 aromatic carbocycles. The van der Waals surface area contributed by atoms with E-state index in [-0.39, 0.29) is 11.0 Å². The van der Waals surface area contributed by atoms with E-state index in [1.165, 1.54) is 5.56 Å². The molecule has 4 rings (SSSR count). The van der Waals surface area contributed by atoms with Crippen molar-refractivity contribution < 1.29 is 9.21 Å². The summed E-state index contributed by atoms with van der Waals surface area (Å²) in [7, 11) is 0. The van der Waals surface area contributed by atoms with Crippen LogP contribution in [0.3, 0.4) is 0 Å². The van der Waals surface area contributed by atoms with Crippen molar-refractivity contribution in [3.05, 3.63) is 80.4 Å². The predicted octanol–water partition coefficient (Wildman–Crippen LogP) is 7.39. The molecular formula is C25H21ClIN3O2S. The lowest BCUT2D eigenvalue weighted by Crippen LogP contribution is -2.34. The monoisotopic (exact) mass is 589 g/mol. The molecule has 0 saturated carbocycles. The Labute approximate surface area is 216 Å². The van der Waals surface area contributed by atoms with Crippen LogP contribution in [0.1, 0.15) is 42.1 Å². The van der Waals surface area contributed by atoms with Gasteiger partial charge in [-0.2, -0.15) is 0 Å². The van der Waals surface area contributed by atoms with Crippen LogP contribution < -0.4 is 10.6 Å². The van der Waals surface area contributed by atoms with Crippen LogP contribution in [-0.2, 0) is 0 Å². The Kier molecular flexibility index (Phi) is 7.31. The van der Waals surface area contributed by atoms with Gasteiger partial charge in [0.05, 0.1) is 10.7 Å². The minimum atomic E-state index is -0.297. The smallest absolute Gasteiger partial charge is 0.257 e. The molecule has 0 radical (unpaired) electrons. The van der Waals surface area contributed by atoms with Gasteiger partial charge in [-0.15, -0.1) is 0 Å². The molecule has 0 saturated heterocycles. The van der Waals surface area contributed by atoms with Gasteiger partial charge in [-0.1, -0.05) is 37.6 Å². The lowest BCUT2D eigenvalue weighted by molar-refractivity contribution is 0.0977. The molecule has 1 amide bonds. The molecule has 0 aliphatic heterocycles. The van der Waals surface area contributed by atoms with Crippen LogP contribution in [0.4, 0.5) is 5.69 Å². The van der Waals surface area contributed by atoms with Crippen LogP contribution in [0.5, 0.6) is 0 Å². The Balaban J connectivity index is 1.54. The molecule has 0 bridgehead atoms. The lowest BCUT2D eigenvalue weighted by atomic mass is 9.98. The zero-order chi connectivity index (χ0) is 23.5. The van der Waals surface area contributed by atoms with E-state index in [1.807, 2.05) is 24.3 Å². The van der Waals surface area contributed by atoms with Crippen molar-refractivity contribution in [2.45, 2.75) is 26.2 Å². The van der Waals surface area contributed by atoms with Gasteiger partial charge in [0.25, 0.3) is 5.91 Å². The van der Waals surface area contributed by atoms with Crippen molar-refractivity contribution in [3.8, 4) is 11.5 Å². The summed E-state index contributed by atoms with van der Waals surface area (Å²) in [6.45, 7) is 4.36. The van der Waals surface area contributed by atoms with Crippen molar-refractivity contribution in [1.82, 2.24) is 10.3 Å². The van der Waals surface area contributed by atoms with Gasteiger partial charge < -0.3 is 9.73 Å². The number of anilines is 1. The number of rotatable bonds is 5. The van der Waals surface area contributed by atoms with E-state index < -0.39 is 0 Å². The number of nitrogens with zero attached hydrogens (tertiary/aromatic N) is 1. The molecule has 33 heavy (non-hydrogen) atoms. The fraction of sp³-hybridized carbons (Fsp3) is 0.160. The number of benzene rings is 3. The van der Waals surface area contributed by atoms with Crippen LogP contribution in [0.25, 0.3) is 22.6 Å². The Hall–Kier alpha value is -2.49. The summed E-state index contributed by atoms with van der Waals surface area (Å²) in [5.41, 5.74) is 4.58. The molecule has 0 aliphatic rings. The summed E-state index contributed by atoms with van der Waals surface area (Å²) in [5, 5.41) is 6.28. The van der Waals surface area contributed by atoms with Crippen LogP contribution in [0, 0.1) is 3.57 Å². The minimum Gasteiger partial charge on any atom is -0.436 e. The molecule has 8 heteroatoms. The predicted molar refractivity (Wildman–Crippen MR) is 146 cm³/mol. The maximum Gasteiger partial charge on any atom is 0.257 e. The summed E-state index contributed by atoms with van der Waals surface area (Å²) in [5.74, 6) is 0.644. The standard InChI is InChI=1S/C25H21ClIN3O2S/c1-3-14(2)15-8-10-22-21(12-15)28-24(32-22)17-7-9-19(26)20(13-17)29-25(33)30-23(31)16-5-4-6-18(27)11-16/h4-14H,3H2,1-2H3,(H2,29,30,31,33)/t14-/m1/s1. The van der Waals surface area contributed by atoms with E-state index in [0.29, 0.717) is 28.1 Å². The van der Waals surface area contributed by atoms with Crippen LogP contribution in [-0.4, -0.2) is 16.0 Å². The van der Waals surface area contributed by atoms with Crippen molar-refractivity contribution >= 4 is 74.2 Å². The normalized spacial score (nSPS) is 11.9. The van der Waals surface area contributed by atoms with E-state index in [1.54, 1.807) is 24.3 Å².